The predicted molar refractivity (Wildman–Crippen MR) is 136 cm³/mol. The van der Waals surface area contributed by atoms with Crippen molar-refractivity contribution in [2.24, 2.45) is 0 Å². The topological polar surface area (TPSA) is 55.2 Å². The first-order valence-corrected chi connectivity index (χ1v) is 13.3. The van der Waals surface area contributed by atoms with Crippen LogP contribution in [0.4, 0.5) is 0 Å². The highest BCUT2D eigenvalue weighted by Crippen LogP contribution is 2.21. The van der Waals surface area contributed by atoms with Gasteiger partial charge in [-0.05, 0) is 31.8 Å². The summed E-state index contributed by atoms with van der Waals surface area (Å²) in [6.07, 6.45) is 33.4. The van der Waals surface area contributed by atoms with Crippen molar-refractivity contribution in [2.45, 2.75) is 129 Å². The second-order valence-corrected chi connectivity index (χ2v) is 8.83. The summed E-state index contributed by atoms with van der Waals surface area (Å²) >= 11 is 0. The molecule has 32 heavy (non-hydrogen) atoms. The largest absolute Gasteiger partial charge is 0.489 e. The molecule has 1 rings (SSSR count). The highest BCUT2D eigenvalue weighted by molar-refractivity contribution is 5.23. The van der Waals surface area contributed by atoms with E-state index in [4.69, 9.17) is 4.74 Å². The molecule has 182 valence electrons. The second-order valence-electron chi connectivity index (χ2n) is 8.83. The van der Waals surface area contributed by atoms with Gasteiger partial charge in [0.2, 0.25) is 0 Å². The van der Waals surface area contributed by atoms with Gasteiger partial charge in [0, 0.05) is 12.4 Å². The van der Waals surface area contributed by atoms with Crippen LogP contribution in [0.15, 0.2) is 36.7 Å². The smallest absolute Gasteiger partial charge is 0.278 e. The molecule has 0 aliphatic carbocycles. The SMILES string of the molecule is CCCCCCCCCCCCC/C=C/C=C/C(CCCCCC)Oc1nccnc1O. The Morgan fingerprint density at radius 2 is 1.31 bits per heavy atom. The summed E-state index contributed by atoms with van der Waals surface area (Å²) < 4.78 is 5.90. The highest BCUT2D eigenvalue weighted by atomic mass is 16.5. The van der Waals surface area contributed by atoms with Crippen LogP contribution in [0.25, 0.3) is 0 Å². The lowest BCUT2D eigenvalue weighted by atomic mass is 10.1. The minimum atomic E-state index is -0.147. The molecular weight excluding hydrogens is 396 g/mol. The lowest BCUT2D eigenvalue weighted by Gasteiger charge is -2.15. The van der Waals surface area contributed by atoms with E-state index >= 15 is 0 Å². The molecule has 0 saturated heterocycles. The molecule has 4 nitrogen and oxygen atoms in total. The van der Waals surface area contributed by atoms with Gasteiger partial charge in [-0.25, -0.2) is 9.97 Å². The molecule has 0 saturated carbocycles. The van der Waals surface area contributed by atoms with Crippen LogP contribution in [0, 0.1) is 0 Å². The molecule has 0 bridgehead atoms. The fourth-order valence-corrected chi connectivity index (χ4v) is 3.80. The van der Waals surface area contributed by atoms with Crippen molar-refractivity contribution in [2.75, 3.05) is 0 Å². The zero-order chi connectivity index (χ0) is 23.1. The second kappa shape index (κ2) is 21.0. The molecule has 0 aliphatic rings. The first-order valence-electron chi connectivity index (χ1n) is 13.3. The first-order chi connectivity index (χ1) is 15.8. The summed E-state index contributed by atoms with van der Waals surface area (Å²) in [5, 5.41) is 9.84. The molecule has 0 aromatic carbocycles. The van der Waals surface area contributed by atoms with E-state index in [0.717, 1.165) is 19.3 Å². The standard InChI is InChI=1S/C28H48N2O2/c1-3-5-7-9-10-11-12-13-14-15-16-17-18-19-21-23-26(22-20-8-6-4-2)32-28-27(31)29-24-25-30-28/h18-19,21,23-26H,3-17,20,22H2,1-2H3,(H,29,31)/b19-18+,23-21+. The summed E-state index contributed by atoms with van der Waals surface area (Å²) in [4.78, 5) is 7.95. The molecule has 0 spiro atoms. The van der Waals surface area contributed by atoms with Gasteiger partial charge < -0.3 is 9.84 Å². The van der Waals surface area contributed by atoms with Crippen molar-refractivity contribution in [3.63, 3.8) is 0 Å². The zero-order valence-electron chi connectivity index (χ0n) is 20.8. The predicted octanol–water partition coefficient (Wildman–Crippen LogP) is 8.71. The number of ether oxygens (including phenoxy) is 1. The van der Waals surface area contributed by atoms with Gasteiger partial charge in [0.25, 0.3) is 11.8 Å². The summed E-state index contributed by atoms with van der Waals surface area (Å²) in [6.45, 7) is 4.49. The first kappa shape index (κ1) is 28.2. The lowest BCUT2D eigenvalue weighted by Crippen LogP contribution is -2.14. The number of aromatic hydroxyl groups is 1. The van der Waals surface area contributed by atoms with Crippen LogP contribution in [-0.4, -0.2) is 21.2 Å². The van der Waals surface area contributed by atoms with E-state index in [1.54, 1.807) is 6.20 Å². The Hall–Kier alpha value is -1.84. The summed E-state index contributed by atoms with van der Waals surface area (Å²) in [5.74, 6) is 0.0640. The normalized spacial score (nSPS) is 12.7. The molecule has 4 heteroatoms. The Kier molecular flexibility index (Phi) is 18.5. The quantitative estimate of drug-likeness (QED) is 0.152. The molecule has 1 aromatic heterocycles. The fourth-order valence-electron chi connectivity index (χ4n) is 3.80. The Morgan fingerprint density at radius 1 is 0.750 bits per heavy atom. The van der Waals surface area contributed by atoms with Gasteiger partial charge in [0.1, 0.15) is 6.10 Å². The van der Waals surface area contributed by atoms with E-state index in [2.05, 4.69) is 48.1 Å². The minimum absolute atomic E-state index is 0.0962. The number of aromatic nitrogens is 2. The monoisotopic (exact) mass is 444 g/mol. The molecule has 1 heterocycles. The molecule has 0 amide bonds. The Labute approximate surface area is 197 Å². The third-order valence-electron chi connectivity index (χ3n) is 5.80. The van der Waals surface area contributed by atoms with Crippen molar-refractivity contribution < 1.29 is 9.84 Å². The van der Waals surface area contributed by atoms with Gasteiger partial charge in [-0.1, -0.05) is 116 Å². The van der Waals surface area contributed by atoms with Crippen LogP contribution < -0.4 is 4.74 Å². The maximum absolute atomic E-state index is 9.84. The Bertz CT molecular complexity index is 601. The van der Waals surface area contributed by atoms with E-state index in [9.17, 15) is 5.11 Å². The van der Waals surface area contributed by atoms with Crippen molar-refractivity contribution in [1.29, 1.82) is 0 Å². The molecule has 0 radical (unpaired) electrons. The van der Waals surface area contributed by atoms with Crippen LogP contribution in [-0.2, 0) is 0 Å². The van der Waals surface area contributed by atoms with E-state index in [0.29, 0.717) is 0 Å². The van der Waals surface area contributed by atoms with E-state index in [1.807, 2.05) is 0 Å². The summed E-state index contributed by atoms with van der Waals surface area (Å²) in [6, 6.07) is 0. The van der Waals surface area contributed by atoms with Crippen molar-refractivity contribution in [3.8, 4) is 11.8 Å². The molecule has 1 aromatic rings. The van der Waals surface area contributed by atoms with Crippen molar-refractivity contribution in [1.82, 2.24) is 9.97 Å². The maximum atomic E-state index is 9.84. The van der Waals surface area contributed by atoms with Gasteiger partial charge in [0.05, 0.1) is 0 Å². The summed E-state index contributed by atoms with van der Waals surface area (Å²) in [5.41, 5.74) is 0. The average molecular weight is 445 g/mol. The van der Waals surface area contributed by atoms with Gasteiger partial charge >= 0.3 is 0 Å². The molecular formula is C28H48N2O2. The van der Waals surface area contributed by atoms with Gasteiger partial charge in [0.15, 0.2) is 0 Å². The number of nitrogens with zero attached hydrogens (tertiary/aromatic N) is 2. The van der Waals surface area contributed by atoms with Crippen LogP contribution in [0.1, 0.15) is 123 Å². The molecule has 1 unspecified atom stereocenters. The lowest BCUT2D eigenvalue weighted by molar-refractivity contribution is 0.212. The van der Waals surface area contributed by atoms with Crippen molar-refractivity contribution in [3.05, 3.63) is 36.7 Å². The number of hydrogen-bond donors (Lipinski definition) is 1. The van der Waals surface area contributed by atoms with Crippen LogP contribution >= 0.6 is 0 Å². The van der Waals surface area contributed by atoms with Crippen LogP contribution in [0.3, 0.4) is 0 Å². The van der Waals surface area contributed by atoms with Gasteiger partial charge in [-0.3, -0.25) is 0 Å². The van der Waals surface area contributed by atoms with Crippen molar-refractivity contribution >= 4 is 0 Å². The van der Waals surface area contributed by atoms with E-state index in [-0.39, 0.29) is 17.9 Å². The van der Waals surface area contributed by atoms with E-state index in [1.165, 1.54) is 96.1 Å². The molecule has 1 atom stereocenters. The number of hydrogen-bond acceptors (Lipinski definition) is 4. The molecule has 1 N–H and O–H groups in total. The maximum Gasteiger partial charge on any atom is 0.278 e. The average Bonchev–Trinajstić information content (AvgIpc) is 2.80. The number of allylic oxidation sites excluding steroid dienone is 3. The van der Waals surface area contributed by atoms with Crippen LogP contribution in [0.5, 0.6) is 11.8 Å². The third-order valence-corrected chi connectivity index (χ3v) is 5.80. The Balaban J connectivity index is 2.19. The zero-order valence-corrected chi connectivity index (χ0v) is 20.8. The number of unbranched alkanes of at least 4 members (excludes halogenated alkanes) is 14. The fraction of sp³-hybridized carbons (Fsp3) is 0.714. The third kappa shape index (κ3) is 15.9. The molecule has 0 aliphatic heterocycles. The van der Waals surface area contributed by atoms with Gasteiger partial charge in [-0.2, -0.15) is 0 Å². The molecule has 0 fully saturated rings. The highest BCUT2D eigenvalue weighted by Gasteiger charge is 2.11. The van der Waals surface area contributed by atoms with E-state index < -0.39 is 0 Å². The Morgan fingerprint density at radius 3 is 1.94 bits per heavy atom. The van der Waals surface area contributed by atoms with Crippen LogP contribution in [0.2, 0.25) is 0 Å². The number of rotatable bonds is 21. The minimum Gasteiger partial charge on any atom is -0.489 e. The van der Waals surface area contributed by atoms with Gasteiger partial charge in [-0.15, -0.1) is 0 Å². The summed E-state index contributed by atoms with van der Waals surface area (Å²) in [7, 11) is 0.